The number of likely N-dealkylation sites (N-methyl/N-ethyl adjacent to an activating group) is 1. The maximum absolute atomic E-state index is 14.3. The number of benzene rings is 4. The Labute approximate surface area is 240 Å². The molecule has 4 nitrogen and oxygen atoms in total. The number of hydrogen-bond acceptors (Lipinski definition) is 2. The number of halogens is 2. The molecule has 0 aliphatic heterocycles. The Morgan fingerprint density at radius 3 is 1.77 bits per heavy atom. The second-order valence-corrected chi connectivity index (χ2v) is 10.2. The molecule has 0 unspecified atom stereocenters. The van der Waals surface area contributed by atoms with Crippen molar-refractivity contribution in [1.82, 2.24) is 10.2 Å². The lowest BCUT2D eigenvalue weighted by Crippen LogP contribution is -2.50. The molecular weight excluding hydrogens is 527 g/mol. The number of rotatable bonds is 11. The molecule has 0 radical (unpaired) electrons. The van der Waals surface area contributed by atoms with E-state index in [4.69, 9.17) is 23.2 Å². The molecule has 6 heteroatoms. The first kappa shape index (κ1) is 28.4. The number of carbonyl (C=O) groups is 2. The van der Waals surface area contributed by atoms with Crippen LogP contribution in [0.2, 0.25) is 10.0 Å². The van der Waals surface area contributed by atoms with Crippen LogP contribution in [-0.2, 0) is 22.6 Å². The second kappa shape index (κ2) is 14.0. The Kier molecular flexibility index (Phi) is 10.2. The first-order chi connectivity index (χ1) is 19.0. The van der Waals surface area contributed by atoms with Crippen LogP contribution in [0.3, 0.4) is 0 Å². The van der Waals surface area contributed by atoms with Crippen LogP contribution in [0, 0.1) is 0 Å². The Morgan fingerprint density at radius 2 is 1.26 bits per heavy atom. The van der Waals surface area contributed by atoms with E-state index in [-0.39, 0.29) is 30.7 Å². The normalized spacial score (nSPS) is 11.7. The fourth-order valence-electron chi connectivity index (χ4n) is 4.79. The fraction of sp³-hybridized carbons (Fsp3) is 0.212. The summed E-state index contributed by atoms with van der Waals surface area (Å²) in [4.78, 5) is 29.5. The maximum Gasteiger partial charge on any atom is 0.243 e. The summed E-state index contributed by atoms with van der Waals surface area (Å²) in [6.07, 6.45) is 0.544. The minimum absolute atomic E-state index is 0.113. The molecule has 0 bridgehead atoms. The lowest BCUT2D eigenvalue weighted by atomic mass is 9.87. The fourth-order valence-corrected chi connectivity index (χ4v) is 5.31. The van der Waals surface area contributed by atoms with Crippen molar-refractivity contribution < 1.29 is 9.59 Å². The van der Waals surface area contributed by atoms with Gasteiger partial charge in [0.05, 0.1) is 0 Å². The molecular formula is C33H32Cl2N2O2. The summed E-state index contributed by atoms with van der Waals surface area (Å²) in [5.74, 6) is -0.555. The van der Waals surface area contributed by atoms with Crippen molar-refractivity contribution in [2.24, 2.45) is 0 Å². The number of nitrogens with one attached hydrogen (secondary N) is 1. The molecule has 4 aromatic carbocycles. The Hall–Kier alpha value is -3.60. The third kappa shape index (κ3) is 7.50. The van der Waals surface area contributed by atoms with E-state index in [1.54, 1.807) is 23.1 Å². The summed E-state index contributed by atoms with van der Waals surface area (Å²) < 4.78 is 0. The van der Waals surface area contributed by atoms with Gasteiger partial charge in [0.1, 0.15) is 6.04 Å². The molecule has 0 saturated heterocycles. The Morgan fingerprint density at radius 1 is 0.744 bits per heavy atom. The van der Waals surface area contributed by atoms with Gasteiger partial charge in [0.15, 0.2) is 0 Å². The van der Waals surface area contributed by atoms with Crippen molar-refractivity contribution in [3.05, 3.63) is 141 Å². The summed E-state index contributed by atoms with van der Waals surface area (Å²) >= 11 is 13.1. The van der Waals surface area contributed by atoms with Gasteiger partial charge in [-0.3, -0.25) is 9.59 Å². The van der Waals surface area contributed by atoms with E-state index in [1.807, 2.05) is 97.9 Å². The zero-order valence-electron chi connectivity index (χ0n) is 21.9. The highest BCUT2D eigenvalue weighted by Crippen LogP contribution is 2.32. The van der Waals surface area contributed by atoms with Crippen LogP contribution in [0.5, 0.6) is 0 Å². The van der Waals surface area contributed by atoms with Crippen molar-refractivity contribution in [2.75, 3.05) is 6.54 Å². The molecule has 0 fully saturated rings. The molecule has 0 aliphatic carbocycles. The topological polar surface area (TPSA) is 49.4 Å². The van der Waals surface area contributed by atoms with Crippen molar-refractivity contribution in [1.29, 1.82) is 0 Å². The van der Waals surface area contributed by atoms with Crippen LogP contribution < -0.4 is 5.32 Å². The summed E-state index contributed by atoms with van der Waals surface area (Å²) in [5.41, 5.74) is 3.64. The highest BCUT2D eigenvalue weighted by Gasteiger charge is 2.32. The molecule has 2 amide bonds. The Balaban J connectivity index is 1.76. The van der Waals surface area contributed by atoms with E-state index in [0.717, 1.165) is 16.7 Å². The van der Waals surface area contributed by atoms with E-state index in [0.29, 0.717) is 28.6 Å². The molecule has 0 saturated carbocycles. The highest BCUT2D eigenvalue weighted by atomic mass is 35.5. The van der Waals surface area contributed by atoms with Gasteiger partial charge < -0.3 is 10.2 Å². The zero-order valence-corrected chi connectivity index (χ0v) is 23.4. The van der Waals surface area contributed by atoms with Crippen LogP contribution in [0.4, 0.5) is 0 Å². The van der Waals surface area contributed by atoms with E-state index in [9.17, 15) is 9.59 Å². The molecule has 200 valence electrons. The monoisotopic (exact) mass is 558 g/mol. The van der Waals surface area contributed by atoms with Gasteiger partial charge >= 0.3 is 0 Å². The molecule has 0 aromatic heterocycles. The standard InChI is InChI=1S/C33H32Cl2N2O2/c1-2-36-33(39)31(21-24-13-6-3-7-14-24)37(23-28-29(34)19-12-20-30(28)35)32(38)22-27(25-15-8-4-9-16-25)26-17-10-5-11-18-26/h3-20,27,31H,2,21-23H2,1H3,(H,36,39)/t31-/m0/s1. The van der Waals surface area contributed by atoms with Crippen LogP contribution in [-0.4, -0.2) is 29.3 Å². The molecule has 1 N–H and O–H groups in total. The average Bonchev–Trinajstić information content (AvgIpc) is 2.96. The molecule has 4 aromatic rings. The number of hydrogen-bond donors (Lipinski definition) is 1. The predicted octanol–water partition coefficient (Wildman–Crippen LogP) is 7.29. The molecule has 4 rings (SSSR count). The highest BCUT2D eigenvalue weighted by molar-refractivity contribution is 6.36. The third-order valence-corrected chi connectivity index (χ3v) is 7.50. The second-order valence-electron chi connectivity index (χ2n) is 9.40. The van der Waals surface area contributed by atoms with Crippen molar-refractivity contribution in [2.45, 2.75) is 38.3 Å². The van der Waals surface area contributed by atoms with Crippen LogP contribution in [0.25, 0.3) is 0 Å². The largest absolute Gasteiger partial charge is 0.355 e. The van der Waals surface area contributed by atoms with Crippen molar-refractivity contribution in [3.8, 4) is 0 Å². The molecule has 0 aliphatic rings. The van der Waals surface area contributed by atoms with Gasteiger partial charge in [-0.05, 0) is 35.7 Å². The van der Waals surface area contributed by atoms with E-state index >= 15 is 0 Å². The Bertz CT molecular complexity index is 1300. The van der Waals surface area contributed by atoms with Gasteiger partial charge in [-0.25, -0.2) is 0 Å². The molecule has 1 atom stereocenters. The average molecular weight is 560 g/mol. The molecule has 0 heterocycles. The predicted molar refractivity (Wildman–Crippen MR) is 159 cm³/mol. The first-order valence-electron chi connectivity index (χ1n) is 13.1. The van der Waals surface area contributed by atoms with Crippen LogP contribution in [0.15, 0.2) is 109 Å². The van der Waals surface area contributed by atoms with E-state index in [1.165, 1.54) is 0 Å². The maximum atomic E-state index is 14.3. The number of carbonyl (C=O) groups excluding carboxylic acids is 2. The van der Waals surface area contributed by atoms with Crippen LogP contribution in [0.1, 0.15) is 41.5 Å². The summed E-state index contributed by atoms with van der Waals surface area (Å²) in [5, 5.41) is 3.85. The minimum atomic E-state index is -0.751. The van der Waals surface area contributed by atoms with E-state index < -0.39 is 6.04 Å². The van der Waals surface area contributed by atoms with Gasteiger partial charge in [-0.15, -0.1) is 0 Å². The molecule has 39 heavy (non-hydrogen) atoms. The summed E-state index contributed by atoms with van der Waals surface area (Å²) in [6, 6.07) is 34.2. The van der Waals surface area contributed by atoms with Crippen molar-refractivity contribution in [3.63, 3.8) is 0 Å². The van der Waals surface area contributed by atoms with Gasteiger partial charge in [-0.1, -0.05) is 120 Å². The van der Waals surface area contributed by atoms with E-state index in [2.05, 4.69) is 5.32 Å². The number of nitrogens with zero attached hydrogens (tertiary/aromatic N) is 1. The minimum Gasteiger partial charge on any atom is -0.355 e. The van der Waals surface area contributed by atoms with Crippen LogP contribution >= 0.6 is 23.2 Å². The number of amides is 2. The lowest BCUT2D eigenvalue weighted by molar-refractivity contribution is -0.141. The van der Waals surface area contributed by atoms with Gasteiger partial charge in [-0.2, -0.15) is 0 Å². The smallest absolute Gasteiger partial charge is 0.243 e. The zero-order chi connectivity index (χ0) is 27.6. The van der Waals surface area contributed by atoms with Gasteiger partial charge in [0.25, 0.3) is 0 Å². The van der Waals surface area contributed by atoms with Gasteiger partial charge in [0, 0.05) is 47.5 Å². The summed E-state index contributed by atoms with van der Waals surface area (Å²) in [7, 11) is 0. The van der Waals surface area contributed by atoms with Gasteiger partial charge in [0.2, 0.25) is 11.8 Å². The molecule has 0 spiro atoms. The summed E-state index contributed by atoms with van der Waals surface area (Å²) in [6.45, 7) is 2.44. The SMILES string of the molecule is CCNC(=O)[C@H](Cc1ccccc1)N(Cc1c(Cl)cccc1Cl)C(=O)CC(c1ccccc1)c1ccccc1. The third-order valence-electron chi connectivity index (χ3n) is 6.79. The lowest BCUT2D eigenvalue weighted by Gasteiger charge is -2.33. The quantitative estimate of drug-likeness (QED) is 0.210. The van der Waals surface area contributed by atoms with Crippen molar-refractivity contribution >= 4 is 35.0 Å². The first-order valence-corrected chi connectivity index (χ1v) is 13.9.